The summed E-state index contributed by atoms with van der Waals surface area (Å²) in [7, 11) is -3.70. The molecule has 0 aliphatic carbocycles. The molecule has 0 aromatic heterocycles. The Morgan fingerprint density at radius 1 is 1.38 bits per heavy atom. The summed E-state index contributed by atoms with van der Waals surface area (Å²) in [5.41, 5.74) is 0.530. The molecule has 1 heterocycles. The highest BCUT2D eigenvalue weighted by Crippen LogP contribution is 2.16. The second-order valence-electron chi connectivity index (χ2n) is 5.26. The molecule has 1 aromatic carbocycles. The van der Waals surface area contributed by atoms with Crippen LogP contribution in [0.4, 0.5) is 4.39 Å². The fourth-order valence-electron chi connectivity index (χ4n) is 2.32. The number of benzene rings is 1. The van der Waals surface area contributed by atoms with Gasteiger partial charge in [-0.25, -0.2) is 17.5 Å². The van der Waals surface area contributed by atoms with Gasteiger partial charge in [-0.1, -0.05) is 6.07 Å². The lowest BCUT2D eigenvalue weighted by Crippen LogP contribution is -2.47. The van der Waals surface area contributed by atoms with E-state index in [1.165, 1.54) is 12.1 Å². The maximum atomic E-state index is 13.3. The van der Waals surface area contributed by atoms with Crippen molar-refractivity contribution >= 4 is 10.0 Å². The Morgan fingerprint density at radius 3 is 2.71 bits per heavy atom. The summed E-state index contributed by atoms with van der Waals surface area (Å²) >= 11 is 0. The second kappa shape index (κ2) is 6.83. The fourth-order valence-corrected chi connectivity index (χ4v) is 3.69. The maximum Gasteiger partial charge on any atom is 0.240 e. The second-order valence-corrected chi connectivity index (χ2v) is 6.99. The number of ether oxygens (including phenoxy) is 1. The fraction of sp³-hybridized carbons (Fsp3) is 0.571. The van der Waals surface area contributed by atoms with Gasteiger partial charge in [-0.3, -0.25) is 4.90 Å². The van der Waals surface area contributed by atoms with Crippen LogP contribution in [0.2, 0.25) is 0 Å². The zero-order valence-corrected chi connectivity index (χ0v) is 13.1. The largest absolute Gasteiger partial charge is 0.379 e. The Bertz CT molecular complexity index is 586. The van der Waals surface area contributed by atoms with Crippen molar-refractivity contribution in [3.05, 3.63) is 29.6 Å². The number of hydrogen-bond acceptors (Lipinski definition) is 4. The molecule has 1 aromatic rings. The normalized spacial score (nSPS) is 18.6. The molecule has 0 radical (unpaired) electrons. The van der Waals surface area contributed by atoms with Crippen LogP contribution in [0.3, 0.4) is 0 Å². The van der Waals surface area contributed by atoms with Crippen molar-refractivity contribution in [3.63, 3.8) is 0 Å². The van der Waals surface area contributed by atoms with E-state index in [1.54, 1.807) is 6.92 Å². The molecule has 0 unspecified atom stereocenters. The minimum absolute atomic E-state index is 0.00308. The van der Waals surface area contributed by atoms with Crippen molar-refractivity contribution in [2.75, 3.05) is 32.8 Å². The van der Waals surface area contributed by atoms with Crippen LogP contribution in [-0.4, -0.2) is 52.2 Å². The third kappa shape index (κ3) is 4.23. The molecule has 5 nitrogen and oxygen atoms in total. The van der Waals surface area contributed by atoms with Gasteiger partial charge in [-0.05, 0) is 31.5 Å². The third-order valence-corrected chi connectivity index (χ3v) is 5.24. The predicted octanol–water partition coefficient (Wildman–Crippen LogP) is 1.13. The van der Waals surface area contributed by atoms with Crippen LogP contribution in [-0.2, 0) is 14.8 Å². The van der Waals surface area contributed by atoms with Gasteiger partial charge < -0.3 is 4.74 Å². The van der Waals surface area contributed by atoms with Crippen molar-refractivity contribution in [2.45, 2.75) is 24.8 Å². The molecule has 1 saturated heterocycles. The minimum atomic E-state index is -3.70. The topological polar surface area (TPSA) is 58.6 Å². The summed E-state index contributed by atoms with van der Waals surface area (Å²) in [4.78, 5) is 2.17. The molecule has 118 valence electrons. The van der Waals surface area contributed by atoms with Crippen LogP contribution >= 0.6 is 0 Å². The van der Waals surface area contributed by atoms with Gasteiger partial charge in [0, 0.05) is 25.7 Å². The van der Waals surface area contributed by atoms with Crippen LogP contribution in [0, 0.1) is 12.7 Å². The summed E-state index contributed by atoms with van der Waals surface area (Å²) in [5, 5.41) is 0. The Hall–Kier alpha value is -1.02. The van der Waals surface area contributed by atoms with Gasteiger partial charge in [0.25, 0.3) is 0 Å². The van der Waals surface area contributed by atoms with Crippen molar-refractivity contribution in [3.8, 4) is 0 Å². The third-order valence-electron chi connectivity index (χ3n) is 3.68. The van der Waals surface area contributed by atoms with Gasteiger partial charge in [0.1, 0.15) is 5.82 Å². The molecule has 1 aliphatic heterocycles. The monoisotopic (exact) mass is 316 g/mol. The first-order valence-corrected chi connectivity index (χ1v) is 8.46. The molecule has 2 rings (SSSR count). The maximum absolute atomic E-state index is 13.3. The van der Waals surface area contributed by atoms with Crippen molar-refractivity contribution < 1.29 is 17.5 Å². The van der Waals surface area contributed by atoms with Crippen LogP contribution in [0.15, 0.2) is 23.1 Å². The van der Waals surface area contributed by atoms with Crippen LogP contribution in [0.25, 0.3) is 0 Å². The van der Waals surface area contributed by atoms with Crippen molar-refractivity contribution in [2.24, 2.45) is 0 Å². The quantitative estimate of drug-likeness (QED) is 0.885. The van der Waals surface area contributed by atoms with Gasteiger partial charge in [-0.15, -0.1) is 0 Å². The van der Waals surface area contributed by atoms with E-state index < -0.39 is 15.8 Å². The summed E-state index contributed by atoms with van der Waals surface area (Å²) in [6.45, 7) is 6.83. The number of sulfonamides is 1. The average Bonchev–Trinajstić information content (AvgIpc) is 2.48. The number of nitrogens with one attached hydrogen (secondary N) is 1. The summed E-state index contributed by atoms with van der Waals surface area (Å²) in [6.07, 6.45) is 0. The summed E-state index contributed by atoms with van der Waals surface area (Å²) in [5.74, 6) is -0.554. The Balaban J connectivity index is 2.02. The van der Waals surface area contributed by atoms with Gasteiger partial charge in [0.15, 0.2) is 0 Å². The van der Waals surface area contributed by atoms with E-state index in [9.17, 15) is 12.8 Å². The molecular formula is C14H21FN2O3S. The Labute approximate surface area is 125 Å². The highest BCUT2D eigenvalue weighted by atomic mass is 32.2. The lowest BCUT2D eigenvalue weighted by Gasteiger charge is -2.32. The van der Waals surface area contributed by atoms with E-state index in [-0.39, 0.29) is 17.5 Å². The van der Waals surface area contributed by atoms with Crippen LogP contribution in [0.1, 0.15) is 12.5 Å². The van der Waals surface area contributed by atoms with E-state index in [0.29, 0.717) is 18.8 Å². The minimum Gasteiger partial charge on any atom is -0.379 e. The SMILES string of the molecule is Cc1ccc(F)cc1S(=O)(=O)NC[C@@H](C)N1CCOCC1. The van der Waals surface area contributed by atoms with E-state index in [0.717, 1.165) is 19.2 Å². The van der Waals surface area contributed by atoms with E-state index in [1.807, 2.05) is 6.92 Å². The first-order chi connectivity index (χ1) is 9.90. The van der Waals surface area contributed by atoms with Gasteiger partial charge >= 0.3 is 0 Å². The summed E-state index contributed by atoms with van der Waals surface area (Å²) in [6, 6.07) is 3.84. The molecule has 0 spiro atoms. The number of hydrogen-bond donors (Lipinski definition) is 1. The molecule has 0 saturated carbocycles. The molecule has 21 heavy (non-hydrogen) atoms. The molecule has 0 bridgehead atoms. The zero-order chi connectivity index (χ0) is 15.5. The Kier molecular flexibility index (Phi) is 5.32. The molecule has 1 fully saturated rings. The molecule has 7 heteroatoms. The van der Waals surface area contributed by atoms with E-state index in [2.05, 4.69) is 9.62 Å². The number of halogens is 1. The standard InChI is InChI=1S/C14H21FN2O3S/c1-11-3-4-13(15)9-14(11)21(18,19)16-10-12(2)17-5-7-20-8-6-17/h3-4,9,12,16H,5-8,10H2,1-2H3/t12-/m1/s1. The number of rotatable bonds is 5. The lowest BCUT2D eigenvalue weighted by atomic mass is 10.2. The molecule has 1 N–H and O–H groups in total. The Morgan fingerprint density at radius 2 is 2.05 bits per heavy atom. The number of aryl methyl sites for hydroxylation is 1. The number of nitrogens with zero attached hydrogens (tertiary/aromatic N) is 1. The highest BCUT2D eigenvalue weighted by Gasteiger charge is 2.21. The highest BCUT2D eigenvalue weighted by molar-refractivity contribution is 7.89. The smallest absolute Gasteiger partial charge is 0.240 e. The molecule has 1 atom stereocenters. The predicted molar refractivity (Wildman–Crippen MR) is 78.2 cm³/mol. The molecular weight excluding hydrogens is 295 g/mol. The van der Waals surface area contributed by atoms with Crippen LogP contribution < -0.4 is 4.72 Å². The van der Waals surface area contributed by atoms with Gasteiger partial charge in [-0.2, -0.15) is 0 Å². The van der Waals surface area contributed by atoms with Gasteiger partial charge in [0.2, 0.25) is 10.0 Å². The first-order valence-electron chi connectivity index (χ1n) is 6.98. The first kappa shape index (κ1) is 16.4. The lowest BCUT2D eigenvalue weighted by molar-refractivity contribution is 0.0213. The van der Waals surface area contributed by atoms with Gasteiger partial charge in [0.05, 0.1) is 18.1 Å². The van der Waals surface area contributed by atoms with Crippen molar-refractivity contribution in [1.29, 1.82) is 0 Å². The average molecular weight is 316 g/mol. The summed E-state index contributed by atoms with van der Waals surface area (Å²) < 4.78 is 45.6. The zero-order valence-electron chi connectivity index (χ0n) is 12.3. The van der Waals surface area contributed by atoms with E-state index in [4.69, 9.17) is 4.74 Å². The molecule has 1 aliphatic rings. The number of morpholine rings is 1. The molecule has 0 amide bonds. The van der Waals surface area contributed by atoms with Crippen molar-refractivity contribution in [1.82, 2.24) is 9.62 Å². The van der Waals surface area contributed by atoms with E-state index >= 15 is 0 Å². The van der Waals surface area contributed by atoms with Crippen LogP contribution in [0.5, 0.6) is 0 Å².